The molecule has 1 atom stereocenters. The van der Waals surface area contributed by atoms with Crippen LogP contribution in [0.25, 0.3) is 5.82 Å². The van der Waals surface area contributed by atoms with Crippen LogP contribution in [-0.4, -0.2) is 38.3 Å². The smallest absolute Gasteiger partial charge is 0.419 e. The molecule has 3 aromatic rings. The molecule has 184 valence electrons. The largest absolute Gasteiger partial charge is 0.481 e. The number of aliphatic carboxylic acids is 1. The number of carboxylic acids is 1. The number of benzene rings is 1. The number of nitrogens with one attached hydrogen (secondary N) is 2. The Hall–Kier alpha value is -3.89. The monoisotopic (exact) mass is 487 g/mol. The molecule has 3 N–H and O–H groups in total. The highest BCUT2D eigenvalue weighted by atomic mass is 19.4. The molecule has 2 aromatic heterocycles. The van der Waals surface area contributed by atoms with Crippen molar-refractivity contribution < 1.29 is 27.9 Å². The standard InChI is InChI=1S/C24H24F3N5O3/c25-24(26,27)18-12-30-32(14-18)21-8-7-19(13-29-21)31-20(11-15-1-2-15)16-3-5-17(6-4-16)23(35)28-10-9-22(33)34/h3-8,12-15,20,31H,1-2,9-11H2,(H,28,35)(H,33,34). The van der Waals surface area contributed by atoms with Crippen molar-refractivity contribution in [3.05, 3.63) is 71.7 Å². The summed E-state index contributed by atoms with van der Waals surface area (Å²) in [6.07, 6.45) is 1.79. The van der Waals surface area contributed by atoms with E-state index in [1.54, 1.807) is 30.5 Å². The Morgan fingerprint density at radius 1 is 1.11 bits per heavy atom. The summed E-state index contributed by atoms with van der Waals surface area (Å²) < 4.78 is 39.5. The molecule has 0 aliphatic heterocycles. The number of aromatic nitrogens is 3. The van der Waals surface area contributed by atoms with Gasteiger partial charge in [0.2, 0.25) is 0 Å². The Balaban J connectivity index is 1.43. The number of amides is 1. The highest BCUT2D eigenvalue weighted by Gasteiger charge is 2.32. The van der Waals surface area contributed by atoms with E-state index in [9.17, 15) is 22.8 Å². The van der Waals surface area contributed by atoms with E-state index in [-0.39, 0.29) is 30.7 Å². The summed E-state index contributed by atoms with van der Waals surface area (Å²) in [5.74, 6) is -0.448. The van der Waals surface area contributed by atoms with E-state index in [4.69, 9.17) is 5.11 Å². The first-order chi connectivity index (χ1) is 16.7. The van der Waals surface area contributed by atoms with Crippen LogP contribution < -0.4 is 10.6 Å². The number of anilines is 1. The number of hydrogen-bond donors (Lipinski definition) is 3. The summed E-state index contributed by atoms with van der Waals surface area (Å²) in [6, 6.07) is 10.4. The van der Waals surface area contributed by atoms with E-state index in [2.05, 4.69) is 20.7 Å². The zero-order valence-electron chi connectivity index (χ0n) is 18.6. The van der Waals surface area contributed by atoms with Gasteiger partial charge in [0.15, 0.2) is 5.82 Å². The number of halogens is 3. The molecule has 1 saturated carbocycles. The van der Waals surface area contributed by atoms with Gasteiger partial charge in [0, 0.05) is 18.3 Å². The van der Waals surface area contributed by atoms with Crippen molar-refractivity contribution >= 4 is 17.6 Å². The molecule has 35 heavy (non-hydrogen) atoms. The Bertz CT molecular complexity index is 1170. The van der Waals surface area contributed by atoms with E-state index in [0.717, 1.165) is 41.9 Å². The molecule has 0 saturated heterocycles. The molecule has 1 unspecified atom stereocenters. The normalized spacial score (nSPS) is 14.4. The lowest BCUT2D eigenvalue weighted by Crippen LogP contribution is -2.26. The number of carbonyl (C=O) groups excluding carboxylic acids is 1. The van der Waals surface area contributed by atoms with E-state index < -0.39 is 17.7 Å². The van der Waals surface area contributed by atoms with Crippen LogP contribution in [0.15, 0.2) is 55.0 Å². The van der Waals surface area contributed by atoms with E-state index >= 15 is 0 Å². The fraction of sp³-hybridized carbons (Fsp3) is 0.333. The third-order valence-corrected chi connectivity index (χ3v) is 5.70. The Morgan fingerprint density at radius 3 is 2.43 bits per heavy atom. The van der Waals surface area contributed by atoms with E-state index in [1.165, 1.54) is 0 Å². The molecule has 8 nitrogen and oxygen atoms in total. The number of carbonyl (C=O) groups is 2. The average Bonchev–Trinajstić information content (AvgIpc) is 3.49. The highest BCUT2D eigenvalue weighted by Crippen LogP contribution is 2.39. The molecule has 1 amide bonds. The molecule has 11 heteroatoms. The van der Waals surface area contributed by atoms with Crippen LogP contribution in [0.1, 0.15) is 53.2 Å². The number of carboxylic acid groups (broad SMARTS) is 1. The maximum Gasteiger partial charge on any atom is 0.419 e. The average molecular weight is 487 g/mol. The maximum absolute atomic E-state index is 12.8. The van der Waals surface area contributed by atoms with Crippen LogP contribution in [-0.2, 0) is 11.0 Å². The topological polar surface area (TPSA) is 109 Å². The van der Waals surface area contributed by atoms with Gasteiger partial charge in [0.25, 0.3) is 5.91 Å². The molecule has 1 aliphatic carbocycles. The van der Waals surface area contributed by atoms with Gasteiger partial charge in [-0.25, -0.2) is 9.67 Å². The minimum Gasteiger partial charge on any atom is -0.481 e. The molecular formula is C24H24F3N5O3. The van der Waals surface area contributed by atoms with Crippen LogP contribution in [0, 0.1) is 5.92 Å². The second-order valence-electron chi connectivity index (χ2n) is 8.47. The van der Waals surface area contributed by atoms with Crippen molar-refractivity contribution in [1.29, 1.82) is 0 Å². The molecule has 0 bridgehead atoms. The first-order valence-corrected chi connectivity index (χ1v) is 11.1. The molecule has 2 heterocycles. The van der Waals surface area contributed by atoms with Gasteiger partial charge in [-0.3, -0.25) is 9.59 Å². The van der Waals surface area contributed by atoms with Crippen LogP contribution >= 0.6 is 0 Å². The zero-order chi connectivity index (χ0) is 25.0. The predicted molar refractivity (Wildman–Crippen MR) is 121 cm³/mol. The minimum absolute atomic E-state index is 0.0409. The Kier molecular flexibility index (Phi) is 7.04. The molecular weight excluding hydrogens is 463 g/mol. The predicted octanol–water partition coefficient (Wildman–Crippen LogP) is 4.44. The quantitative estimate of drug-likeness (QED) is 0.390. The third kappa shape index (κ3) is 6.58. The van der Waals surface area contributed by atoms with Gasteiger partial charge in [-0.2, -0.15) is 18.3 Å². The number of nitrogens with zero attached hydrogens (tertiary/aromatic N) is 3. The van der Waals surface area contributed by atoms with Crippen molar-refractivity contribution in [3.63, 3.8) is 0 Å². The maximum atomic E-state index is 12.8. The molecule has 0 spiro atoms. The van der Waals surface area contributed by atoms with Gasteiger partial charge < -0.3 is 15.7 Å². The van der Waals surface area contributed by atoms with E-state index in [1.807, 2.05) is 12.1 Å². The van der Waals surface area contributed by atoms with Gasteiger partial charge in [-0.05, 0) is 42.2 Å². The molecule has 1 aromatic carbocycles. The summed E-state index contributed by atoms with van der Waals surface area (Å²) in [6.45, 7) is 0.0564. The van der Waals surface area contributed by atoms with Crippen LogP contribution in [0.2, 0.25) is 0 Å². The second-order valence-corrected chi connectivity index (χ2v) is 8.47. The first-order valence-electron chi connectivity index (χ1n) is 11.1. The number of alkyl halides is 3. The van der Waals surface area contributed by atoms with Gasteiger partial charge in [-0.1, -0.05) is 25.0 Å². The van der Waals surface area contributed by atoms with Crippen LogP contribution in [0.3, 0.4) is 0 Å². The SMILES string of the molecule is O=C(O)CCNC(=O)c1ccc(C(CC2CC2)Nc2ccc(-n3cc(C(F)(F)F)cn3)nc2)cc1. The first kappa shape index (κ1) is 24.2. The van der Waals surface area contributed by atoms with Crippen molar-refractivity contribution in [2.75, 3.05) is 11.9 Å². The fourth-order valence-electron chi connectivity index (χ4n) is 3.62. The molecule has 1 aliphatic rings. The Morgan fingerprint density at radius 2 is 1.86 bits per heavy atom. The summed E-state index contributed by atoms with van der Waals surface area (Å²) in [5.41, 5.74) is 1.28. The van der Waals surface area contributed by atoms with Crippen molar-refractivity contribution in [2.45, 2.75) is 37.9 Å². The van der Waals surface area contributed by atoms with Gasteiger partial charge >= 0.3 is 12.1 Å². The zero-order valence-corrected chi connectivity index (χ0v) is 18.6. The third-order valence-electron chi connectivity index (χ3n) is 5.70. The highest BCUT2D eigenvalue weighted by molar-refractivity contribution is 5.94. The lowest BCUT2D eigenvalue weighted by molar-refractivity contribution is -0.138. The Labute approximate surface area is 199 Å². The van der Waals surface area contributed by atoms with Gasteiger partial charge in [0.1, 0.15) is 0 Å². The van der Waals surface area contributed by atoms with Gasteiger partial charge in [0.05, 0.1) is 36.1 Å². The summed E-state index contributed by atoms with van der Waals surface area (Å²) >= 11 is 0. The lowest BCUT2D eigenvalue weighted by atomic mass is 9.99. The van der Waals surface area contributed by atoms with Crippen LogP contribution in [0.5, 0.6) is 0 Å². The molecule has 0 radical (unpaired) electrons. The number of hydrogen-bond acceptors (Lipinski definition) is 5. The van der Waals surface area contributed by atoms with Crippen molar-refractivity contribution in [1.82, 2.24) is 20.1 Å². The minimum atomic E-state index is -4.47. The molecule has 4 rings (SSSR count). The van der Waals surface area contributed by atoms with Crippen molar-refractivity contribution in [2.24, 2.45) is 5.92 Å². The van der Waals surface area contributed by atoms with Crippen LogP contribution in [0.4, 0.5) is 18.9 Å². The second kappa shape index (κ2) is 10.2. The number of pyridine rings is 1. The summed E-state index contributed by atoms with van der Waals surface area (Å²) in [5, 5.41) is 18.4. The molecule has 1 fully saturated rings. The summed E-state index contributed by atoms with van der Waals surface area (Å²) in [4.78, 5) is 27.0. The summed E-state index contributed by atoms with van der Waals surface area (Å²) in [7, 11) is 0. The fourth-order valence-corrected chi connectivity index (χ4v) is 3.62. The number of rotatable bonds is 10. The van der Waals surface area contributed by atoms with Crippen molar-refractivity contribution in [3.8, 4) is 5.82 Å². The van der Waals surface area contributed by atoms with E-state index in [0.29, 0.717) is 17.2 Å². The lowest BCUT2D eigenvalue weighted by Gasteiger charge is -2.21. The van der Waals surface area contributed by atoms with Gasteiger partial charge in [-0.15, -0.1) is 0 Å².